The summed E-state index contributed by atoms with van der Waals surface area (Å²) in [6, 6.07) is 10.7. The summed E-state index contributed by atoms with van der Waals surface area (Å²) in [5.41, 5.74) is 0.723. The molecule has 4 atom stereocenters. The lowest BCUT2D eigenvalue weighted by molar-refractivity contribution is -0.130. The van der Waals surface area contributed by atoms with Crippen molar-refractivity contribution in [3.05, 3.63) is 30.3 Å². The lowest BCUT2D eigenvalue weighted by Crippen LogP contribution is -2.36. The first-order chi connectivity index (χ1) is 24.0. The number of anilines is 1. The molecule has 5 rings (SSSR count). The second-order valence-electron chi connectivity index (χ2n) is 11.9. The number of hydrogen-bond donors (Lipinski definition) is 2. The number of nitrogens with zero attached hydrogens (tertiary/aromatic N) is 3. The molecule has 2 aliphatic heterocycles. The number of amides is 4. The SMILES string of the molecule is CC.CC.CC.CC.CC(C)C.FC1(F)CC1.N#C[C@@H]1CC(C(=O)Nc2ccccc2)CN1C=O.O=CNCC(=O)N1CC2CCCCC2C1.[HH]. The summed E-state index contributed by atoms with van der Waals surface area (Å²) >= 11 is 0. The first-order valence-corrected chi connectivity index (χ1v) is 18.8. The van der Waals surface area contributed by atoms with Crippen molar-refractivity contribution >= 4 is 30.3 Å². The molecule has 0 spiro atoms. The summed E-state index contributed by atoms with van der Waals surface area (Å²) in [6.45, 7) is 24.8. The van der Waals surface area contributed by atoms with Crippen LogP contribution in [0.25, 0.3) is 0 Å². The van der Waals surface area contributed by atoms with Crippen LogP contribution in [0.2, 0.25) is 0 Å². The Bertz CT molecular complexity index is 1040. The lowest BCUT2D eigenvalue weighted by Gasteiger charge is -2.22. The Morgan fingerprint density at radius 2 is 1.38 bits per heavy atom. The molecule has 0 radical (unpaired) electrons. The van der Waals surface area contributed by atoms with Gasteiger partial charge in [0.15, 0.2) is 0 Å². The Hall–Kier alpha value is -3.55. The fourth-order valence-corrected chi connectivity index (χ4v) is 5.01. The minimum Gasteiger partial charge on any atom is -0.350 e. The van der Waals surface area contributed by atoms with Gasteiger partial charge >= 0.3 is 0 Å². The van der Waals surface area contributed by atoms with Gasteiger partial charge in [-0.05, 0) is 49.1 Å². The van der Waals surface area contributed by atoms with E-state index in [0.717, 1.165) is 36.5 Å². The molecule has 50 heavy (non-hydrogen) atoms. The summed E-state index contributed by atoms with van der Waals surface area (Å²) in [5.74, 6) is -0.375. The van der Waals surface area contributed by atoms with E-state index in [-0.39, 0.29) is 38.5 Å². The van der Waals surface area contributed by atoms with Crippen LogP contribution in [0.1, 0.15) is 123 Å². The highest BCUT2D eigenvalue weighted by molar-refractivity contribution is 5.93. The van der Waals surface area contributed by atoms with Crippen molar-refractivity contribution in [2.75, 3.05) is 31.5 Å². The van der Waals surface area contributed by atoms with Crippen molar-refractivity contribution in [2.24, 2.45) is 23.7 Å². The molecule has 11 heteroatoms. The van der Waals surface area contributed by atoms with Crippen molar-refractivity contribution in [3.63, 3.8) is 0 Å². The fraction of sp³-hybridized carbons (Fsp3) is 0.718. The van der Waals surface area contributed by atoms with Crippen LogP contribution >= 0.6 is 0 Å². The van der Waals surface area contributed by atoms with Crippen LogP contribution in [0, 0.1) is 35.0 Å². The summed E-state index contributed by atoms with van der Waals surface area (Å²) in [6.07, 6.45) is 7.02. The first kappa shape index (κ1) is 50.8. The maximum Gasteiger partial charge on any atom is 0.248 e. The minimum absolute atomic E-state index is 0. The van der Waals surface area contributed by atoms with Crippen molar-refractivity contribution < 1.29 is 29.4 Å². The Balaban J connectivity index is -0.000000299. The molecular weight excluding hydrogens is 640 g/mol. The smallest absolute Gasteiger partial charge is 0.248 e. The van der Waals surface area contributed by atoms with E-state index in [1.165, 1.54) is 30.6 Å². The van der Waals surface area contributed by atoms with Crippen molar-refractivity contribution in [2.45, 2.75) is 133 Å². The molecule has 290 valence electrons. The molecule has 2 aliphatic carbocycles. The quantitative estimate of drug-likeness (QED) is 0.286. The number of carbonyl (C=O) groups is 4. The molecule has 4 amide bonds. The highest BCUT2D eigenvalue weighted by Crippen LogP contribution is 2.40. The van der Waals surface area contributed by atoms with Gasteiger partial charge in [0.2, 0.25) is 30.6 Å². The van der Waals surface area contributed by atoms with E-state index in [2.05, 4.69) is 31.4 Å². The zero-order chi connectivity index (χ0) is 39.1. The molecular formula is C39H71F2N5O4. The van der Waals surface area contributed by atoms with Crippen LogP contribution in [0.5, 0.6) is 0 Å². The fourth-order valence-electron chi connectivity index (χ4n) is 5.01. The number of para-hydroxylation sites is 1. The maximum absolute atomic E-state index is 12.0. The number of alkyl halides is 2. The number of hydrogen-bond acceptors (Lipinski definition) is 5. The lowest BCUT2D eigenvalue weighted by atomic mass is 9.82. The standard InChI is InChI=1S/C13H13N3O2.C11H18N2O2.C4H10.C3H4F2.4C2H6.H2/c14-7-12-6-10(8-16(12)9-17)13(18)15-11-4-2-1-3-5-11;14-8-12-5-11(15)13-6-9-3-1-2-4-10(9)7-13;1-4(2)3;4-3(5)1-2-3;4*1-2;/h1-5,9-10,12H,6,8H2,(H,15,18);8-10H,1-7H2,(H,12,14);4H,1-3H3;1-2H2;4*1-2H3;1H/t10?,12-;;;;;;;;/m0......../s1. The average molecular weight is 712 g/mol. The van der Waals surface area contributed by atoms with Gasteiger partial charge in [0.05, 0.1) is 18.5 Å². The Morgan fingerprint density at radius 1 is 0.920 bits per heavy atom. The normalized spacial score (nSPS) is 21.1. The molecule has 1 aromatic carbocycles. The van der Waals surface area contributed by atoms with Crippen LogP contribution in [-0.4, -0.2) is 72.6 Å². The number of nitrogens with one attached hydrogen (secondary N) is 2. The molecule has 3 unspecified atom stereocenters. The van der Waals surface area contributed by atoms with E-state index < -0.39 is 12.0 Å². The topological polar surface area (TPSA) is 123 Å². The van der Waals surface area contributed by atoms with Crippen molar-refractivity contribution in [3.8, 4) is 6.07 Å². The molecule has 9 nitrogen and oxygen atoms in total. The highest BCUT2D eigenvalue weighted by Gasteiger charge is 2.43. The van der Waals surface area contributed by atoms with Gasteiger partial charge in [-0.1, -0.05) is 107 Å². The summed E-state index contributed by atoms with van der Waals surface area (Å²) in [7, 11) is 0. The van der Waals surface area contributed by atoms with Gasteiger partial charge in [-0.15, -0.1) is 0 Å². The molecule has 2 saturated heterocycles. The number of carbonyl (C=O) groups excluding carboxylic acids is 4. The number of halogens is 2. The summed E-state index contributed by atoms with van der Waals surface area (Å²) in [5, 5.41) is 14.1. The minimum atomic E-state index is -2.25. The number of benzene rings is 1. The average Bonchev–Trinajstić information content (AvgIpc) is 3.50. The predicted molar refractivity (Wildman–Crippen MR) is 204 cm³/mol. The Labute approximate surface area is 304 Å². The number of rotatable bonds is 6. The Morgan fingerprint density at radius 3 is 1.74 bits per heavy atom. The third-order valence-corrected chi connectivity index (χ3v) is 7.33. The predicted octanol–water partition coefficient (Wildman–Crippen LogP) is 8.81. The van der Waals surface area contributed by atoms with Gasteiger partial charge < -0.3 is 20.4 Å². The van der Waals surface area contributed by atoms with Gasteiger partial charge in [0, 0.05) is 39.6 Å². The van der Waals surface area contributed by atoms with Gasteiger partial charge in [0.25, 0.3) is 0 Å². The number of fused-ring (bicyclic) bond motifs is 1. The summed E-state index contributed by atoms with van der Waals surface area (Å²) < 4.78 is 22.3. The highest BCUT2D eigenvalue weighted by atomic mass is 19.3. The van der Waals surface area contributed by atoms with Crippen LogP contribution < -0.4 is 10.6 Å². The second-order valence-corrected chi connectivity index (χ2v) is 11.9. The van der Waals surface area contributed by atoms with Gasteiger partial charge in [-0.25, -0.2) is 8.78 Å². The van der Waals surface area contributed by atoms with E-state index in [1.807, 2.05) is 84.6 Å². The van der Waals surface area contributed by atoms with Crippen LogP contribution in [0.3, 0.4) is 0 Å². The maximum atomic E-state index is 12.0. The van der Waals surface area contributed by atoms with Gasteiger partial charge in [-0.3, -0.25) is 19.2 Å². The largest absolute Gasteiger partial charge is 0.350 e. The van der Waals surface area contributed by atoms with Gasteiger partial charge in [-0.2, -0.15) is 5.26 Å². The van der Waals surface area contributed by atoms with E-state index in [4.69, 9.17) is 5.26 Å². The van der Waals surface area contributed by atoms with Crippen LogP contribution in [0.15, 0.2) is 30.3 Å². The molecule has 2 heterocycles. The molecule has 0 bridgehead atoms. The molecule has 4 aliphatic rings. The zero-order valence-corrected chi connectivity index (χ0v) is 32.9. The summed E-state index contributed by atoms with van der Waals surface area (Å²) in [4.78, 5) is 47.8. The Kier molecular flexibility index (Phi) is 32.0. The molecule has 2 saturated carbocycles. The van der Waals surface area contributed by atoms with E-state index >= 15 is 0 Å². The van der Waals surface area contributed by atoms with E-state index in [9.17, 15) is 28.0 Å². The third-order valence-electron chi connectivity index (χ3n) is 7.33. The number of nitriles is 1. The van der Waals surface area contributed by atoms with Gasteiger partial charge in [0.1, 0.15) is 6.04 Å². The van der Waals surface area contributed by atoms with Crippen LogP contribution in [-0.2, 0) is 19.2 Å². The molecule has 2 N–H and O–H groups in total. The van der Waals surface area contributed by atoms with Crippen molar-refractivity contribution in [1.29, 1.82) is 5.26 Å². The third kappa shape index (κ3) is 23.0. The second kappa shape index (κ2) is 31.4. The first-order valence-electron chi connectivity index (χ1n) is 18.8. The monoisotopic (exact) mass is 712 g/mol. The molecule has 0 aromatic heterocycles. The molecule has 4 fully saturated rings. The van der Waals surface area contributed by atoms with E-state index in [0.29, 0.717) is 25.8 Å². The zero-order valence-electron chi connectivity index (χ0n) is 32.9. The molecule has 1 aromatic rings. The number of likely N-dealkylation sites (tertiary alicyclic amines) is 2. The van der Waals surface area contributed by atoms with Crippen LogP contribution in [0.4, 0.5) is 14.5 Å². The van der Waals surface area contributed by atoms with E-state index in [1.54, 1.807) is 12.1 Å². The van der Waals surface area contributed by atoms with Crippen molar-refractivity contribution in [1.82, 2.24) is 15.1 Å².